The number of benzene rings is 1. The fourth-order valence-corrected chi connectivity index (χ4v) is 2.27. The van der Waals surface area contributed by atoms with Crippen LogP contribution < -0.4 is 0 Å². The van der Waals surface area contributed by atoms with Crippen LogP contribution in [0.4, 0.5) is 0 Å². The van der Waals surface area contributed by atoms with Crippen molar-refractivity contribution in [3.8, 4) is 5.75 Å². The molecular formula is C11H13BrN2O. The van der Waals surface area contributed by atoms with Gasteiger partial charge in [-0.25, -0.2) is 0 Å². The molecule has 4 heteroatoms. The number of nitrogens with zero attached hydrogens (tertiary/aromatic N) is 2. The normalized spacial score (nSPS) is 11.5. The minimum atomic E-state index is 0.261. The van der Waals surface area contributed by atoms with Crippen molar-refractivity contribution in [3.63, 3.8) is 0 Å². The van der Waals surface area contributed by atoms with Crippen molar-refractivity contribution in [3.05, 3.63) is 23.9 Å². The van der Waals surface area contributed by atoms with Gasteiger partial charge < -0.3 is 5.11 Å². The Kier molecular flexibility index (Phi) is 2.69. The molecule has 0 saturated carbocycles. The summed E-state index contributed by atoms with van der Waals surface area (Å²) >= 11 is 3.47. The highest BCUT2D eigenvalue weighted by Gasteiger charge is 2.12. The summed E-state index contributed by atoms with van der Waals surface area (Å²) in [6.45, 7) is 4.19. The number of rotatable bonds is 2. The number of alkyl halides is 1. The molecule has 80 valence electrons. The fourth-order valence-electron chi connectivity index (χ4n) is 1.71. The van der Waals surface area contributed by atoms with Crippen LogP contribution >= 0.6 is 15.9 Å². The molecule has 1 aromatic carbocycles. The Morgan fingerprint density at radius 3 is 2.80 bits per heavy atom. The standard InChI is InChI=1S/C11H13BrN2O/c1-7(2)14-11(6-12)9-4-3-8(15)5-10(9)13-14/h3-5,7,15H,6H2,1-2H3. The van der Waals surface area contributed by atoms with Crippen molar-refractivity contribution in [2.75, 3.05) is 0 Å². The second kappa shape index (κ2) is 3.85. The minimum Gasteiger partial charge on any atom is -0.508 e. The number of halogens is 1. The molecule has 2 rings (SSSR count). The molecule has 0 aliphatic carbocycles. The van der Waals surface area contributed by atoms with E-state index >= 15 is 0 Å². The van der Waals surface area contributed by atoms with Crippen molar-refractivity contribution < 1.29 is 5.11 Å². The maximum atomic E-state index is 9.38. The van der Waals surface area contributed by atoms with Gasteiger partial charge >= 0.3 is 0 Å². The molecule has 0 atom stereocenters. The van der Waals surface area contributed by atoms with Gasteiger partial charge in [0.2, 0.25) is 0 Å². The first-order valence-corrected chi connectivity index (χ1v) is 6.01. The van der Waals surface area contributed by atoms with Gasteiger partial charge in [0.15, 0.2) is 0 Å². The van der Waals surface area contributed by atoms with E-state index in [0.717, 1.165) is 21.9 Å². The summed E-state index contributed by atoms with van der Waals surface area (Å²) in [7, 11) is 0. The average molecular weight is 269 g/mol. The van der Waals surface area contributed by atoms with Gasteiger partial charge in [0.1, 0.15) is 5.75 Å². The molecule has 0 aliphatic heterocycles. The lowest BCUT2D eigenvalue weighted by molar-refractivity contribution is 0.476. The van der Waals surface area contributed by atoms with Crippen LogP contribution in [0.15, 0.2) is 18.2 Å². The molecule has 1 heterocycles. The first-order chi connectivity index (χ1) is 7.13. The van der Waals surface area contributed by atoms with Gasteiger partial charge in [0.05, 0.1) is 11.2 Å². The van der Waals surface area contributed by atoms with Crippen molar-refractivity contribution in [1.29, 1.82) is 0 Å². The van der Waals surface area contributed by atoms with Crippen LogP contribution in [-0.2, 0) is 5.33 Å². The third-order valence-corrected chi connectivity index (χ3v) is 2.93. The second-order valence-corrected chi connectivity index (χ2v) is 4.38. The zero-order valence-corrected chi connectivity index (χ0v) is 10.3. The molecule has 0 aliphatic rings. The lowest BCUT2D eigenvalue weighted by atomic mass is 10.2. The van der Waals surface area contributed by atoms with Crippen LogP contribution in [0, 0.1) is 0 Å². The summed E-state index contributed by atoms with van der Waals surface area (Å²) in [5.74, 6) is 0.261. The first-order valence-electron chi connectivity index (χ1n) is 4.89. The Labute approximate surface area is 96.8 Å². The molecule has 15 heavy (non-hydrogen) atoms. The van der Waals surface area contributed by atoms with Crippen LogP contribution in [0.5, 0.6) is 5.75 Å². The summed E-state index contributed by atoms with van der Waals surface area (Å²) in [5, 5.41) is 15.7. The topological polar surface area (TPSA) is 38.0 Å². The SMILES string of the molecule is CC(C)n1nc2cc(O)ccc2c1CBr. The molecule has 1 aromatic heterocycles. The molecule has 0 fully saturated rings. The summed E-state index contributed by atoms with van der Waals surface area (Å²) in [6.07, 6.45) is 0. The average Bonchev–Trinajstić information content (AvgIpc) is 2.55. The minimum absolute atomic E-state index is 0.261. The van der Waals surface area contributed by atoms with E-state index in [-0.39, 0.29) is 5.75 Å². The number of hydrogen-bond donors (Lipinski definition) is 1. The molecule has 0 bridgehead atoms. The van der Waals surface area contributed by atoms with Crippen molar-refractivity contribution in [1.82, 2.24) is 9.78 Å². The largest absolute Gasteiger partial charge is 0.508 e. The van der Waals surface area contributed by atoms with Crippen LogP contribution in [-0.4, -0.2) is 14.9 Å². The molecule has 0 radical (unpaired) electrons. The summed E-state index contributed by atoms with van der Waals surface area (Å²) in [6, 6.07) is 5.63. The number of phenolic OH excluding ortho intramolecular Hbond substituents is 1. The number of phenols is 1. The molecular weight excluding hydrogens is 256 g/mol. The highest BCUT2D eigenvalue weighted by molar-refractivity contribution is 9.08. The van der Waals surface area contributed by atoms with E-state index in [1.165, 1.54) is 0 Å². The van der Waals surface area contributed by atoms with E-state index < -0.39 is 0 Å². The molecule has 0 saturated heterocycles. The highest BCUT2D eigenvalue weighted by Crippen LogP contribution is 2.26. The Balaban J connectivity index is 2.73. The van der Waals surface area contributed by atoms with Crippen molar-refractivity contribution in [2.24, 2.45) is 0 Å². The quantitative estimate of drug-likeness (QED) is 0.850. The predicted molar refractivity (Wildman–Crippen MR) is 64.4 cm³/mol. The molecule has 1 N–H and O–H groups in total. The lowest BCUT2D eigenvalue weighted by Crippen LogP contribution is -2.05. The lowest BCUT2D eigenvalue weighted by Gasteiger charge is -2.08. The van der Waals surface area contributed by atoms with Crippen molar-refractivity contribution in [2.45, 2.75) is 25.2 Å². The molecule has 0 spiro atoms. The van der Waals surface area contributed by atoms with E-state index in [1.807, 2.05) is 10.7 Å². The maximum absolute atomic E-state index is 9.38. The summed E-state index contributed by atoms with van der Waals surface area (Å²) in [5.41, 5.74) is 2.00. The first kappa shape index (κ1) is 10.5. The highest BCUT2D eigenvalue weighted by atomic mass is 79.9. The summed E-state index contributed by atoms with van der Waals surface area (Å²) < 4.78 is 1.98. The van der Waals surface area contributed by atoms with E-state index in [0.29, 0.717) is 6.04 Å². The maximum Gasteiger partial charge on any atom is 0.117 e. The van der Waals surface area contributed by atoms with Gasteiger partial charge in [-0.3, -0.25) is 4.68 Å². The third-order valence-electron chi connectivity index (χ3n) is 2.40. The van der Waals surface area contributed by atoms with Gasteiger partial charge in [-0.05, 0) is 26.0 Å². The van der Waals surface area contributed by atoms with E-state index in [2.05, 4.69) is 34.9 Å². The molecule has 0 amide bonds. The number of aromatic nitrogens is 2. The van der Waals surface area contributed by atoms with Gasteiger partial charge in [0.25, 0.3) is 0 Å². The van der Waals surface area contributed by atoms with E-state index in [9.17, 15) is 5.11 Å². The van der Waals surface area contributed by atoms with Gasteiger partial charge in [-0.1, -0.05) is 15.9 Å². The van der Waals surface area contributed by atoms with E-state index in [1.54, 1.807) is 12.1 Å². The van der Waals surface area contributed by atoms with Crippen LogP contribution in [0.25, 0.3) is 10.9 Å². The fraction of sp³-hybridized carbons (Fsp3) is 0.364. The molecule has 2 aromatic rings. The van der Waals surface area contributed by atoms with Crippen LogP contribution in [0.2, 0.25) is 0 Å². The summed E-state index contributed by atoms with van der Waals surface area (Å²) in [4.78, 5) is 0. The van der Waals surface area contributed by atoms with E-state index in [4.69, 9.17) is 0 Å². The Morgan fingerprint density at radius 1 is 1.47 bits per heavy atom. The number of fused-ring (bicyclic) bond motifs is 1. The number of aromatic hydroxyl groups is 1. The molecule has 3 nitrogen and oxygen atoms in total. The zero-order valence-electron chi connectivity index (χ0n) is 8.74. The smallest absolute Gasteiger partial charge is 0.117 e. The Hall–Kier alpha value is -1.03. The van der Waals surface area contributed by atoms with Crippen LogP contribution in [0.1, 0.15) is 25.6 Å². The zero-order chi connectivity index (χ0) is 11.0. The van der Waals surface area contributed by atoms with Crippen LogP contribution in [0.3, 0.4) is 0 Å². The van der Waals surface area contributed by atoms with Gasteiger partial charge in [-0.2, -0.15) is 5.10 Å². The third kappa shape index (κ3) is 1.74. The van der Waals surface area contributed by atoms with Crippen molar-refractivity contribution >= 4 is 26.8 Å². The monoisotopic (exact) mass is 268 g/mol. The molecule has 0 unspecified atom stereocenters. The van der Waals surface area contributed by atoms with Gasteiger partial charge in [0, 0.05) is 22.8 Å². The predicted octanol–water partition coefficient (Wildman–Crippen LogP) is 3.22. The Morgan fingerprint density at radius 2 is 2.20 bits per heavy atom. The number of hydrogen-bond acceptors (Lipinski definition) is 2. The second-order valence-electron chi connectivity index (χ2n) is 3.82. The van der Waals surface area contributed by atoms with Gasteiger partial charge in [-0.15, -0.1) is 0 Å². The Bertz CT molecular complexity index is 491.